The molecule has 0 bridgehead atoms. The number of carbonyl (C=O) groups excluding carboxylic acids is 1. The van der Waals surface area contributed by atoms with Crippen LogP contribution in [0, 0.1) is 0 Å². The Labute approximate surface area is 240 Å². The van der Waals surface area contributed by atoms with E-state index < -0.39 is 24.5 Å². The molecule has 1 aliphatic carbocycles. The van der Waals surface area contributed by atoms with E-state index in [4.69, 9.17) is 9.72 Å². The van der Waals surface area contributed by atoms with Crippen LogP contribution in [0.25, 0.3) is 21.3 Å². The molecule has 0 radical (unpaired) electrons. The minimum Gasteiger partial charge on any atom is -0.494 e. The Morgan fingerprint density at radius 2 is 1.90 bits per heavy atom. The van der Waals surface area contributed by atoms with Gasteiger partial charge >= 0.3 is 6.18 Å². The summed E-state index contributed by atoms with van der Waals surface area (Å²) in [5.41, 5.74) is 5.31. The number of rotatable bonds is 11. The highest BCUT2D eigenvalue weighted by molar-refractivity contribution is 8.01. The van der Waals surface area contributed by atoms with Crippen molar-refractivity contribution in [3.05, 3.63) is 71.3 Å². The summed E-state index contributed by atoms with van der Waals surface area (Å²) in [4.78, 5) is 19.0. The van der Waals surface area contributed by atoms with Crippen LogP contribution in [0.2, 0.25) is 0 Å². The minimum atomic E-state index is -4.47. The van der Waals surface area contributed by atoms with Gasteiger partial charge in [0.1, 0.15) is 12.3 Å². The maximum atomic E-state index is 13.3. The minimum absolute atomic E-state index is 0.595. The number of aromatic nitrogens is 1. The maximum absolute atomic E-state index is 13.3. The predicted molar refractivity (Wildman–Crippen MR) is 156 cm³/mol. The van der Waals surface area contributed by atoms with Crippen LogP contribution in [-0.2, 0) is 11.2 Å². The third-order valence-electron chi connectivity index (χ3n) is 6.99. The number of alkyl halides is 3. The van der Waals surface area contributed by atoms with Crippen LogP contribution in [0.5, 0.6) is 5.75 Å². The number of carbonyl (C=O) groups is 1. The Kier molecular flexibility index (Phi) is 8.71. The van der Waals surface area contributed by atoms with Crippen molar-refractivity contribution in [1.29, 1.82) is 0 Å². The molecule has 1 heterocycles. The van der Waals surface area contributed by atoms with Crippen molar-refractivity contribution in [3.63, 3.8) is 0 Å². The fourth-order valence-electron chi connectivity index (χ4n) is 5.23. The number of nitrogens with one attached hydrogen (secondary N) is 1. The number of unbranched alkanes of at least 4 members (excludes halogenated alkanes) is 3. The van der Waals surface area contributed by atoms with Gasteiger partial charge in [0.2, 0.25) is 5.91 Å². The molecule has 0 spiro atoms. The molecule has 1 aliphatic rings. The normalized spacial score (nSPS) is 14.3. The van der Waals surface area contributed by atoms with Crippen molar-refractivity contribution in [2.24, 2.45) is 0 Å². The summed E-state index contributed by atoms with van der Waals surface area (Å²) >= 11 is 3.12. The number of amides is 1. The molecule has 0 saturated carbocycles. The lowest BCUT2D eigenvalue weighted by Crippen LogP contribution is -2.37. The number of nitrogens with zero attached hydrogens (tertiary/aromatic N) is 1. The van der Waals surface area contributed by atoms with Crippen LogP contribution >= 0.6 is 23.1 Å². The van der Waals surface area contributed by atoms with Gasteiger partial charge in [0, 0.05) is 4.90 Å². The van der Waals surface area contributed by atoms with Crippen molar-refractivity contribution >= 4 is 39.2 Å². The summed E-state index contributed by atoms with van der Waals surface area (Å²) in [6.45, 7) is 3.35. The number of thiazole rings is 1. The smallest absolute Gasteiger partial charge is 0.405 e. The molecule has 1 unspecified atom stereocenters. The van der Waals surface area contributed by atoms with Gasteiger partial charge in [-0.2, -0.15) is 13.2 Å². The highest BCUT2D eigenvalue weighted by atomic mass is 32.2. The second-order valence-corrected chi connectivity index (χ2v) is 12.2. The number of ether oxygens (including phenoxy) is 1. The third kappa shape index (κ3) is 6.31. The van der Waals surface area contributed by atoms with Gasteiger partial charge in [-0.1, -0.05) is 62.2 Å². The molecule has 210 valence electrons. The SMILES string of the molecule is CCCCCCc1cccc2c1C(C(=O)NCC(F)(F)F)c1ccc(Sc3nc4ccc(OCC)cc4s3)cc1-2. The van der Waals surface area contributed by atoms with Crippen LogP contribution in [0.15, 0.2) is 63.8 Å². The molecule has 40 heavy (non-hydrogen) atoms. The predicted octanol–water partition coefficient (Wildman–Crippen LogP) is 8.76. The van der Waals surface area contributed by atoms with E-state index in [9.17, 15) is 18.0 Å². The van der Waals surface area contributed by atoms with Gasteiger partial charge in [-0.05, 0) is 77.9 Å². The fraction of sp³-hybridized carbons (Fsp3) is 0.355. The summed E-state index contributed by atoms with van der Waals surface area (Å²) in [5, 5.41) is 2.15. The lowest BCUT2D eigenvalue weighted by atomic mass is 9.90. The first kappa shape index (κ1) is 28.5. The van der Waals surface area contributed by atoms with Crippen molar-refractivity contribution in [3.8, 4) is 16.9 Å². The van der Waals surface area contributed by atoms with Crippen LogP contribution < -0.4 is 10.1 Å². The summed E-state index contributed by atoms with van der Waals surface area (Å²) < 4.78 is 46.5. The van der Waals surface area contributed by atoms with E-state index in [-0.39, 0.29) is 0 Å². The molecule has 0 fully saturated rings. The lowest BCUT2D eigenvalue weighted by molar-refractivity contribution is -0.138. The van der Waals surface area contributed by atoms with E-state index in [0.717, 1.165) is 85.1 Å². The Hall–Kier alpha value is -3.04. The van der Waals surface area contributed by atoms with Gasteiger partial charge in [0.15, 0.2) is 4.34 Å². The molecule has 1 amide bonds. The number of hydrogen-bond acceptors (Lipinski definition) is 5. The molecular formula is C31H31F3N2O2S2. The van der Waals surface area contributed by atoms with Gasteiger partial charge in [-0.3, -0.25) is 4.79 Å². The first-order valence-corrected chi connectivity index (χ1v) is 15.2. The van der Waals surface area contributed by atoms with Crippen molar-refractivity contribution < 1.29 is 22.7 Å². The Bertz CT molecular complexity index is 1520. The monoisotopic (exact) mass is 584 g/mol. The van der Waals surface area contributed by atoms with Crippen LogP contribution in [0.4, 0.5) is 13.2 Å². The zero-order chi connectivity index (χ0) is 28.3. The third-order valence-corrected chi connectivity index (χ3v) is 9.06. The van der Waals surface area contributed by atoms with Gasteiger partial charge in [-0.15, -0.1) is 11.3 Å². The molecule has 5 rings (SSSR count). The molecule has 3 aromatic carbocycles. The summed E-state index contributed by atoms with van der Waals surface area (Å²) in [5.74, 6) is -0.576. The average molecular weight is 585 g/mol. The number of aryl methyl sites for hydroxylation is 1. The highest BCUT2D eigenvalue weighted by Crippen LogP contribution is 2.49. The first-order chi connectivity index (χ1) is 19.3. The van der Waals surface area contributed by atoms with E-state index in [0.29, 0.717) is 6.61 Å². The Morgan fingerprint density at radius 1 is 1.05 bits per heavy atom. The van der Waals surface area contributed by atoms with Crippen molar-refractivity contribution in [2.75, 3.05) is 13.2 Å². The van der Waals surface area contributed by atoms with Gasteiger partial charge < -0.3 is 10.1 Å². The molecule has 4 nitrogen and oxygen atoms in total. The summed E-state index contributed by atoms with van der Waals surface area (Å²) in [6, 6.07) is 17.7. The summed E-state index contributed by atoms with van der Waals surface area (Å²) in [7, 11) is 0. The van der Waals surface area contributed by atoms with Gasteiger partial charge in [-0.25, -0.2) is 4.98 Å². The Balaban J connectivity index is 1.47. The van der Waals surface area contributed by atoms with E-state index in [1.165, 1.54) is 11.8 Å². The standard InChI is InChI=1S/C31H31F3N2O2S2/c1-3-5-6-7-9-19-10-8-11-22-24-17-21(39-30-36-25-15-12-20(38-4-2)16-26(25)40-30)13-14-23(24)28(27(19)22)29(37)35-18-31(32,33)34/h8,10-17,28H,3-7,9,18H2,1-2H3,(H,35,37). The van der Waals surface area contributed by atoms with Gasteiger partial charge in [0.05, 0.1) is 22.7 Å². The molecule has 0 saturated heterocycles. The second-order valence-electron chi connectivity index (χ2n) is 9.85. The zero-order valence-electron chi connectivity index (χ0n) is 22.4. The van der Waals surface area contributed by atoms with E-state index >= 15 is 0 Å². The molecular weight excluding hydrogens is 553 g/mol. The molecule has 9 heteroatoms. The number of hydrogen-bond donors (Lipinski definition) is 1. The average Bonchev–Trinajstić information content (AvgIpc) is 3.47. The topological polar surface area (TPSA) is 51.2 Å². The Morgan fingerprint density at radius 3 is 2.67 bits per heavy atom. The highest BCUT2D eigenvalue weighted by Gasteiger charge is 2.37. The van der Waals surface area contributed by atoms with E-state index in [1.807, 2.05) is 61.5 Å². The fourth-order valence-corrected chi connectivity index (χ4v) is 7.34. The molecule has 1 atom stereocenters. The molecule has 4 aromatic rings. The maximum Gasteiger partial charge on any atom is 0.405 e. The number of halogens is 3. The van der Waals surface area contributed by atoms with Crippen LogP contribution in [0.3, 0.4) is 0 Å². The largest absolute Gasteiger partial charge is 0.494 e. The zero-order valence-corrected chi connectivity index (χ0v) is 24.1. The van der Waals surface area contributed by atoms with Crippen molar-refractivity contribution in [1.82, 2.24) is 10.3 Å². The number of fused-ring (bicyclic) bond motifs is 4. The lowest BCUT2D eigenvalue weighted by Gasteiger charge is -2.18. The van der Waals surface area contributed by atoms with Crippen LogP contribution in [-0.4, -0.2) is 30.2 Å². The second kappa shape index (κ2) is 12.2. The van der Waals surface area contributed by atoms with E-state index in [1.54, 1.807) is 11.3 Å². The molecule has 1 N–H and O–H groups in total. The molecule has 0 aliphatic heterocycles. The van der Waals surface area contributed by atoms with Crippen LogP contribution in [0.1, 0.15) is 62.1 Å². The summed E-state index contributed by atoms with van der Waals surface area (Å²) in [6.07, 6.45) is 0.611. The molecule has 1 aromatic heterocycles. The quantitative estimate of drug-likeness (QED) is 0.179. The number of benzene rings is 3. The van der Waals surface area contributed by atoms with Gasteiger partial charge in [0.25, 0.3) is 0 Å². The van der Waals surface area contributed by atoms with E-state index in [2.05, 4.69) is 12.2 Å². The van der Waals surface area contributed by atoms with Crippen molar-refractivity contribution in [2.45, 2.75) is 67.3 Å². The first-order valence-electron chi connectivity index (χ1n) is 13.6.